The summed E-state index contributed by atoms with van der Waals surface area (Å²) >= 11 is 0. The Balaban J connectivity index is 1.52. The second-order valence-electron chi connectivity index (χ2n) is 8.69. The van der Waals surface area contributed by atoms with Crippen LogP contribution in [0.15, 0.2) is 60.8 Å². The Labute approximate surface area is 176 Å². The molecule has 2 aromatic carbocycles. The van der Waals surface area contributed by atoms with E-state index in [4.69, 9.17) is 15.2 Å². The molecular formula is C24H29N3O3. The molecule has 4 N–H and O–H groups in total. The molecular weight excluding hydrogens is 378 g/mol. The zero-order chi connectivity index (χ0) is 21.4. The van der Waals surface area contributed by atoms with Crippen LogP contribution in [0.5, 0.6) is 0 Å². The topological polar surface area (TPSA) is 89.4 Å². The van der Waals surface area contributed by atoms with Gasteiger partial charge in [0.25, 0.3) is 0 Å². The SMILES string of the molecule is CC1(C)OC[C@H](NC(=O)[C@](C)(N)Cc2c[nH]c3ccccc23)[C@H](c2ccccc2)O1. The molecule has 0 bridgehead atoms. The number of hydrogen-bond acceptors (Lipinski definition) is 4. The van der Waals surface area contributed by atoms with E-state index in [0.29, 0.717) is 13.0 Å². The van der Waals surface area contributed by atoms with Crippen molar-refractivity contribution in [3.05, 3.63) is 71.9 Å². The number of aromatic nitrogens is 1. The molecule has 2 heterocycles. The molecule has 6 nitrogen and oxygen atoms in total. The highest BCUT2D eigenvalue weighted by Crippen LogP contribution is 2.33. The fraction of sp³-hybridized carbons (Fsp3) is 0.375. The van der Waals surface area contributed by atoms with E-state index in [1.165, 1.54) is 0 Å². The van der Waals surface area contributed by atoms with E-state index in [-0.39, 0.29) is 18.1 Å². The normalized spacial score (nSPS) is 23.1. The maximum atomic E-state index is 13.2. The van der Waals surface area contributed by atoms with E-state index in [1.54, 1.807) is 6.92 Å². The predicted octanol–water partition coefficient (Wildman–Crippen LogP) is 3.44. The second kappa shape index (κ2) is 7.87. The van der Waals surface area contributed by atoms with Crippen LogP contribution in [0.1, 0.15) is 38.0 Å². The monoisotopic (exact) mass is 407 g/mol. The van der Waals surface area contributed by atoms with Crippen molar-refractivity contribution in [2.24, 2.45) is 5.73 Å². The second-order valence-corrected chi connectivity index (χ2v) is 8.69. The summed E-state index contributed by atoms with van der Waals surface area (Å²) in [4.78, 5) is 16.4. The summed E-state index contributed by atoms with van der Waals surface area (Å²) in [6.45, 7) is 5.87. The molecule has 3 atom stereocenters. The lowest BCUT2D eigenvalue weighted by Crippen LogP contribution is -2.59. The van der Waals surface area contributed by atoms with Crippen LogP contribution in [0.3, 0.4) is 0 Å². The van der Waals surface area contributed by atoms with Crippen molar-refractivity contribution in [1.29, 1.82) is 0 Å². The highest BCUT2D eigenvalue weighted by molar-refractivity contribution is 5.88. The summed E-state index contributed by atoms with van der Waals surface area (Å²) in [6.07, 6.45) is 2.02. The van der Waals surface area contributed by atoms with Crippen molar-refractivity contribution >= 4 is 16.8 Å². The number of nitrogens with one attached hydrogen (secondary N) is 2. The molecule has 0 spiro atoms. The molecule has 0 aliphatic carbocycles. The fourth-order valence-corrected chi connectivity index (χ4v) is 3.95. The first-order valence-corrected chi connectivity index (χ1v) is 10.3. The third kappa shape index (κ3) is 4.26. The third-order valence-electron chi connectivity index (χ3n) is 5.58. The predicted molar refractivity (Wildman–Crippen MR) is 117 cm³/mol. The van der Waals surface area contributed by atoms with Gasteiger partial charge in [-0.3, -0.25) is 4.79 Å². The fourth-order valence-electron chi connectivity index (χ4n) is 3.95. The quantitative estimate of drug-likeness (QED) is 0.604. The lowest BCUT2D eigenvalue weighted by atomic mass is 9.91. The van der Waals surface area contributed by atoms with E-state index in [0.717, 1.165) is 22.0 Å². The Morgan fingerprint density at radius 2 is 1.90 bits per heavy atom. The van der Waals surface area contributed by atoms with Crippen molar-refractivity contribution in [3.63, 3.8) is 0 Å². The average Bonchev–Trinajstić information content (AvgIpc) is 3.12. The van der Waals surface area contributed by atoms with Gasteiger partial charge in [-0.1, -0.05) is 48.5 Å². The van der Waals surface area contributed by atoms with Crippen LogP contribution in [0.2, 0.25) is 0 Å². The standard InChI is InChI=1S/C24H29N3O3/c1-23(2)29-15-20(21(30-23)16-9-5-4-6-10-16)27-22(28)24(3,25)13-17-14-26-19-12-8-7-11-18(17)19/h4-12,14,20-21,26H,13,15,25H2,1-3H3,(H,27,28)/t20-,21-,24+/m0/s1. The van der Waals surface area contributed by atoms with Gasteiger partial charge in [-0.15, -0.1) is 0 Å². The van der Waals surface area contributed by atoms with Crippen molar-refractivity contribution in [1.82, 2.24) is 10.3 Å². The first kappa shape index (κ1) is 20.6. The molecule has 1 aromatic heterocycles. The van der Waals surface area contributed by atoms with Gasteiger partial charge < -0.3 is 25.5 Å². The highest BCUT2D eigenvalue weighted by atomic mass is 16.7. The van der Waals surface area contributed by atoms with E-state index in [1.807, 2.05) is 74.6 Å². The number of nitrogens with two attached hydrogens (primary N) is 1. The number of H-pyrrole nitrogens is 1. The Morgan fingerprint density at radius 1 is 1.20 bits per heavy atom. The summed E-state index contributed by atoms with van der Waals surface area (Å²) in [7, 11) is 0. The van der Waals surface area contributed by atoms with Gasteiger partial charge in [0.2, 0.25) is 5.91 Å². The zero-order valence-corrected chi connectivity index (χ0v) is 17.6. The smallest absolute Gasteiger partial charge is 0.240 e. The molecule has 30 heavy (non-hydrogen) atoms. The van der Waals surface area contributed by atoms with Crippen LogP contribution in [-0.2, 0) is 20.7 Å². The molecule has 6 heteroatoms. The van der Waals surface area contributed by atoms with Crippen LogP contribution < -0.4 is 11.1 Å². The number of para-hydroxylation sites is 1. The number of ether oxygens (including phenoxy) is 2. The van der Waals surface area contributed by atoms with Crippen LogP contribution in [0.25, 0.3) is 10.9 Å². The minimum Gasteiger partial charge on any atom is -0.361 e. The Bertz CT molecular complexity index is 1030. The van der Waals surface area contributed by atoms with Crippen LogP contribution in [0, 0.1) is 0 Å². The van der Waals surface area contributed by atoms with Crippen LogP contribution in [-0.4, -0.2) is 34.9 Å². The van der Waals surface area contributed by atoms with Gasteiger partial charge in [-0.05, 0) is 38.0 Å². The number of benzene rings is 2. The molecule has 1 aliphatic rings. The minimum atomic E-state index is -1.08. The highest BCUT2D eigenvalue weighted by Gasteiger charge is 2.40. The molecule has 0 unspecified atom stereocenters. The maximum Gasteiger partial charge on any atom is 0.240 e. The number of carbonyl (C=O) groups excluding carboxylic acids is 1. The molecule has 158 valence electrons. The first-order chi connectivity index (χ1) is 14.3. The van der Waals surface area contributed by atoms with E-state index >= 15 is 0 Å². The summed E-state index contributed by atoms with van der Waals surface area (Å²) in [5, 5.41) is 4.16. The van der Waals surface area contributed by atoms with E-state index in [2.05, 4.69) is 10.3 Å². The lowest BCUT2D eigenvalue weighted by Gasteiger charge is -2.42. The number of hydrogen-bond donors (Lipinski definition) is 3. The first-order valence-electron chi connectivity index (χ1n) is 10.3. The average molecular weight is 408 g/mol. The Kier molecular flexibility index (Phi) is 5.40. The number of fused-ring (bicyclic) bond motifs is 1. The molecule has 0 saturated carbocycles. The van der Waals surface area contributed by atoms with Crippen molar-refractivity contribution in [2.75, 3.05) is 6.61 Å². The van der Waals surface area contributed by atoms with Crippen molar-refractivity contribution in [2.45, 2.75) is 50.7 Å². The number of aromatic amines is 1. The van der Waals surface area contributed by atoms with E-state index in [9.17, 15) is 4.79 Å². The molecule has 1 aliphatic heterocycles. The number of rotatable bonds is 5. The molecule has 1 saturated heterocycles. The van der Waals surface area contributed by atoms with Gasteiger partial charge in [0.05, 0.1) is 18.2 Å². The molecule has 1 fully saturated rings. The zero-order valence-electron chi connectivity index (χ0n) is 17.6. The van der Waals surface area contributed by atoms with Crippen LogP contribution in [0.4, 0.5) is 0 Å². The molecule has 3 aromatic rings. The van der Waals surface area contributed by atoms with Gasteiger partial charge >= 0.3 is 0 Å². The van der Waals surface area contributed by atoms with Crippen LogP contribution >= 0.6 is 0 Å². The summed E-state index contributed by atoms with van der Waals surface area (Å²) in [5.74, 6) is -0.955. The lowest BCUT2D eigenvalue weighted by molar-refractivity contribution is -0.285. The third-order valence-corrected chi connectivity index (χ3v) is 5.58. The van der Waals surface area contributed by atoms with Crippen molar-refractivity contribution < 1.29 is 14.3 Å². The maximum absolute atomic E-state index is 13.2. The minimum absolute atomic E-state index is 0.231. The van der Waals surface area contributed by atoms with Gasteiger partial charge in [0, 0.05) is 23.5 Å². The van der Waals surface area contributed by atoms with Gasteiger partial charge in [-0.25, -0.2) is 0 Å². The number of carbonyl (C=O) groups is 1. The van der Waals surface area contributed by atoms with Gasteiger partial charge in [0.15, 0.2) is 5.79 Å². The molecule has 4 rings (SSSR count). The van der Waals surface area contributed by atoms with E-state index < -0.39 is 11.3 Å². The molecule has 0 radical (unpaired) electrons. The Morgan fingerprint density at radius 3 is 2.67 bits per heavy atom. The summed E-state index contributed by atoms with van der Waals surface area (Å²) in [5.41, 5.74) is 8.45. The molecule has 1 amide bonds. The van der Waals surface area contributed by atoms with Crippen molar-refractivity contribution in [3.8, 4) is 0 Å². The number of amides is 1. The largest absolute Gasteiger partial charge is 0.361 e. The van der Waals surface area contributed by atoms with Gasteiger partial charge in [-0.2, -0.15) is 0 Å². The summed E-state index contributed by atoms with van der Waals surface area (Å²) < 4.78 is 12.0. The Hall–Kier alpha value is -2.67. The van der Waals surface area contributed by atoms with Gasteiger partial charge in [0.1, 0.15) is 6.10 Å². The summed E-state index contributed by atoms with van der Waals surface area (Å²) in [6, 6.07) is 17.5.